The normalized spacial score (nSPS) is 20.7. The van der Waals surface area contributed by atoms with Crippen LogP contribution >= 0.6 is 0 Å². The van der Waals surface area contributed by atoms with Gasteiger partial charge in [0.15, 0.2) is 0 Å². The third kappa shape index (κ3) is 2.88. The van der Waals surface area contributed by atoms with Crippen LogP contribution in [0.25, 0.3) is 0 Å². The molecule has 2 N–H and O–H groups in total. The summed E-state index contributed by atoms with van der Waals surface area (Å²) < 4.78 is 13.4. The topological polar surface area (TPSA) is 41.1 Å². The van der Waals surface area contributed by atoms with Crippen LogP contribution in [0.1, 0.15) is 29.3 Å². The summed E-state index contributed by atoms with van der Waals surface area (Å²) in [5, 5.41) is 6.21. The van der Waals surface area contributed by atoms with Crippen LogP contribution in [0.15, 0.2) is 18.2 Å². The van der Waals surface area contributed by atoms with Crippen LogP contribution < -0.4 is 10.6 Å². The maximum absolute atomic E-state index is 13.4. The molecule has 98 valence electrons. The molecular weight excluding hydrogens is 231 g/mol. The highest BCUT2D eigenvalue weighted by Gasteiger charge is 2.23. The van der Waals surface area contributed by atoms with Gasteiger partial charge in [0.25, 0.3) is 5.91 Å². The van der Waals surface area contributed by atoms with E-state index in [0.717, 1.165) is 19.5 Å². The van der Waals surface area contributed by atoms with Gasteiger partial charge in [-0.25, -0.2) is 4.39 Å². The lowest BCUT2D eigenvalue weighted by molar-refractivity contribution is 0.0928. The van der Waals surface area contributed by atoms with Crippen molar-refractivity contribution in [1.82, 2.24) is 10.6 Å². The van der Waals surface area contributed by atoms with Crippen molar-refractivity contribution in [2.24, 2.45) is 5.92 Å². The van der Waals surface area contributed by atoms with Gasteiger partial charge in [-0.05, 0) is 57.0 Å². The van der Waals surface area contributed by atoms with Crippen molar-refractivity contribution in [3.8, 4) is 0 Å². The second-order valence-corrected chi connectivity index (χ2v) is 4.98. The number of rotatable bonds is 3. The molecule has 3 nitrogen and oxygen atoms in total. The first-order valence-corrected chi connectivity index (χ1v) is 6.35. The van der Waals surface area contributed by atoms with E-state index in [1.807, 2.05) is 6.92 Å². The second-order valence-electron chi connectivity index (χ2n) is 4.98. The summed E-state index contributed by atoms with van der Waals surface area (Å²) in [6.07, 6.45) is 1.07. The van der Waals surface area contributed by atoms with Gasteiger partial charge in [0.05, 0.1) is 0 Å². The van der Waals surface area contributed by atoms with E-state index in [0.29, 0.717) is 17.0 Å². The molecule has 18 heavy (non-hydrogen) atoms. The Labute approximate surface area is 107 Å². The van der Waals surface area contributed by atoms with Crippen molar-refractivity contribution in [3.05, 3.63) is 35.1 Å². The number of hydrogen-bond acceptors (Lipinski definition) is 2. The molecule has 1 saturated heterocycles. The van der Waals surface area contributed by atoms with Crippen LogP contribution in [-0.4, -0.2) is 25.0 Å². The number of nitrogens with one attached hydrogen (secondary N) is 2. The van der Waals surface area contributed by atoms with E-state index in [9.17, 15) is 9.18 Å². The number of halogens is 1. The average Bonchev–Trinajstić information content (AvgIpc) is 2.86. The lowest BCUT2D eigenvalue weighted by atomic mass is 10.00. The van der Waals surface area contributed by atoms with Gasteiger partial charge in [-0.15, -0.1) is 0 Å². The molecule has 2 rings (SSSR count). The molecule has 1 aliphatic heterocycles. The summed E-state index contributed by atoms with van der Waals surface area (Å²) in [6, 6.07) is 4.70. The molecule has 0 bridgehead atoms. The monoisotopic (exact) mass is 250 g/mol. The summed E-state index contributed by atoms with van der Waals surface area (Å²) in [4.78, 5) is 12.0. The number of aryl methyl sites for hydroxylation is 1. The van der Waals surface area contributed by atoms with Gasteiger partial charge in [0, 0.05) is 11.6 Å². The number of carbonyl (C=O) groups excluding carboxylic acids is 1. The molecule has 1 heterocycles. The van der Waals surface area contributed by atoms with Gasteiger partial charge < -0.3 is 10.6 Å². The van der Waals surface area contributed by atoms with Gasteiger partial charge in [0.2, 0.25) is 0 Å². The summed E-state index contributed by atoms with van der Waals surface area (Å²) >= 11 is 0. The Hall–Kier alpha value is -1.42. The van der Waals surface area contributed by atoms with E-state index in [-0.39, 0.29) is 17.8 Å². The summed E-state index contributed by atoms with van der Waals surface area (Å²) in [5.41, 5.74) is 0.940. The third-order valence-electron chi connectivity index (χ3n) is 3.60. The maximum Gasteiger partial charge on any atom is 0.251 e. The zero-order chi connectivity index (χ0) is 13.1. The second kappa shape index (κ2) is 5.48. The molecule has 0 aromatic heterocycles. The van der Waals surface area contributed by atoms with Crippen LogP contribution in [-0.2, 0) is 0 Å². The molecule has 1 aliphatic rings. The van der Waals surface area contributed by atoms with Crippen LogP contribution in [0, 0.1) is 18.7 Å². The zero-order valence-electron chi connectivity index (χ0n) is 10.8. The number of amides is 1. The highest BCUT2D eigenvalue weighted by molar-refractivity contribution is 5.94. The average molecular weight is 250 g/mol. The van der Waals surface area contributed by atoms with Gasteiger partial charge >= 0.3 is 0 Å². The van der Waals surface area contributed by atoms with E-state index in [4.69, 9.17) is 0 Å². The molecule has 0 aliphatic carbocycles. The molecule has 1 amide bonds. The van der Waals surface area contributed by atoms with Crippen molar-refractivity contribution in [2.45, 2.75) is 26.3 Å². The minimum Gasteiger partial charge on any atom is -0.349 e. The quantitative estimate of drug-likeness (QED) is 0.859. The van der Waals surface area contributed by atoms with Crippen LogP contribution in [0.5, 0.6) is 0 Å². The maximum atomic E-state index is 13.4. The Morgan fingerprint density at radius 3 is 2.94 bits per heavy atom. The number of benzene rings is 1. The first-order chi connectivity index (χ1) is 8.58. The van der Waals surface area contributed by atoms with E-state index in [2.05, 4.69) is 10.6 Å². The molecule has 1 aromatic carbocycles. The van der Waals surface area contributed by atoms with E-state index >= 15 is 0 Å². The lowest BCUT2D eigenvalue weighted by Gasteiger charge is -2.19. The van der Waals surface area contributed by atoms with Gasteiger partial charge in [-0.3, -0.25) is 4.79 Å². The molecular formula is C14H19FN2O. The largest absolute Gasteiger partial charge is 0.349 e. The van der Waals surface area contributed by atoms with Gasteiger partial charge in [-0.2, -0.15) is 0 Å². The van der Waals surface area contributed by atoms with Crippen LogP contribution in [0.2, 0.25) is 0 Å². The highest BCUT2D eigenvalue weighted by atomic mass is 19.1. The van der Waals surface area contributed by atoms with Crippen molar-refractivity contribution in [3.63, 3.8) is 0 Å². The third-order valence-corrected chi connectivity index (χ3v) is 3.60. The fourth-order valence-electron chi connectivity index (χ4n) is 2.25. The minimum atomic E-state index is -0.335. The molecule has 1 aromatic rings. The van der Waals surface area contributed by atoms with Crippen molar-refractivity contribution < 1.29 is 9.18 Å². The molecule has 1 fully saturated rings. The molecule has 4 heteroatoms. The standard InChI is InChI=1S/C14H19FN2O/c1-9-3-4-11(7-13(9)15)14(18)17-10(2)12-5-6-16-8-12/h3-4,7,10,12,16H,5-6,8H2,1-2H3,(H,17,18). The Bertz CT molecular complexity index is 441. The molecule has 2 unspecified atom stereocenters. The van der Waals surface area contributed by atoms with Crippen molar-refractivity contribution >= 4 is 5.91 Å². The van der Waals surface area contributed by atoms with Crippen molar-refractivity contribution in [2.75, 3.05) is 13.1 Å². The smallest absolute Gasteiger partial charge is 0.251 e. The van der Waals surface area contributed by atoms with Crippen LogP contribution in [0.3, 0.4) is 0 Å². The van der Waals surface area contributed by atoms with E-state index in [1.165, 1.54) is 6.07 Å². The highest BCUT2D eigenvalue weighted by Crippen LogP contribution is 2.14. The fraction of sp³-hybridized carbons (Fsp3) is 0.500. The zero-order valence-corrected chi connectivity index (χ0v) is 10.8. The molecule has 2 atom stereocenters. The SMILES string of the molecule is Cc1ccc(C(=O)NC(C)C2CCNC2)cc1F. The predicted molar refractivity (Wildman–Crippen MR) is 69.0 cm³/mol. The first-order valence-electron chi connectivity index (χ1n) is 6.35. The lowest BCUT2D eigenvalue weighted by Crippen LogP contribution is -2.38. The Morgan fingerprint density at radius 2 is 2.33 bits per heavy atom. The predicted octanol–water partition coefficient (Wildman–Crippen LogP) is 1.86. The van der Waals surface area contributed by atoms with Crippen LogP contribution in [0.4, 0.5) is 4.39 Å². The van der Waals surface area contributed by atoms with Gasteiger partial charge in [-0.1, -0.05) is 6.07 Å². The van der Waals surface area contributed by atoms with E-state index < -0.39 is 0 Å². The van der Waals surface area contributed by atoms with Crippen molar-refractivity contribution in [1.29, 1.82) is 0 Å². The fourth-order valence-corrected chi connectivity index (χ4v) is 2.25. The Kier molecular flexibility index (Phi) is 3.97. The Balaban J connectivity index is 2.00. The number of hydrogen-bond donors (Lipinski definition) is 2. The molecule has 0 spiro atoms. The van der Waals surface area contributed by atoms with E-state index in [1.54, 1.807) is 19.1 Å². The Morgan fingerprint density at radius 1 is 1.56 bits per heavy atom. The molecule has 0 saturated carbocycles. The summed E-state index contributed by atoms with van der Waals surface area (Å²) in [7, 11) is 0. The molecule has 0 radical (unpaired) electrons. The number of carbonyl (C=O) groups is 1. The minimum absolute atomic E-state index is 0.108. The van der Waals surface area contributed by atoms with Gasteiger partial charge in [0.1, 0.15) is 5.82 Å². The summed E-state index contributed by atoms with van der Waals surface area (Å²) in [6.45, 7) is 5.62. The summed E-state index contributed by atoms with van der Waals surface area (Å²) in [5.74, 6) is -0.0737. The first kappa shape index (κ1) is 13.0.